The maximum Gasteiger partial charge on any atom is 0.0212 e. The van der Waals surface area contributed by atoms with Crippen LogP contribution in [0.1, 0.15) is 37.8 Å². The van der Waals surface area contributed by atoms with E-state index in [9.17, 15) is 0 Å². The average molecular weight is 303 g/mol. The maximum atomic E-state index is 3.67. The molecule has 18 heavy (non-hydrogen) atoms. The molecule has 2 aromatic carbocycles. The van der Waals surface area contributed by atoms with Crippen molar-refractivity contribution in [3.8, 4) is 0 Å². The molecule has 0 saturated heterocycles. The smallest absolute Gasteiger partial charge is 0.0212 e. The zero-order valence-corrected chi connectivity index (χ0v) is 12.7. The van der Waals surface area contributed by atoms with Crippen LogP contribution in [0, 0.1) is 0 Å². The number of halogens is 1. The second kappa shape index (κ2) is 5.27. The third-order valence-corrected chi connectivity index (χ3v) is 4.64. The molecule has 0 amide bonds. The van der Waals surface area contributed by atoms with Crippen LogP contribution >= 0.6 is 15.9 Å². The molecule has 1 atom stereocenters. The Labute approximate surface area is 118 Å². The van der Waals surface area contributed by atoms with Gasteiger partial charge in [-0.2, -0.15) is 0 Å². The topological polar surface area (TPSA) is 0 Å². The Hall–Kier alpha value is -1.08. The molecule has 0 N–H and O–H groups in total. The van der Waals surface area contributed by atoms with Crippen molar-refractivity contribution in [3.63, 3.8) is 0 Å². The van der Waals surface area contributed by atoms with Gasteiger partial charge in [-0.25, -0.2) is 0 Å². The molecule has 0 radical (unpaired) electrons. The monoisotopic (exact) mass is 302 g/mol. The Morgan fingerprint density at radius 3 is 2.06 bits per heavy atom. The first kappa shape index (κ1) is 13.4. The minimum atomic E-state index is 0.0987. The third kappa shape index (κ3) is 2.51. The summed E-state index contributed by atoms with van der Waals surface area (Å²) >= 11 is 3.67. The van der Waals surface area contributed by atoms with E-state index in [0.29, 0.717) is 5.92 Å². The summed E-state index contributed by atoms with van der Waals surface area (Å²) in [6.45, 7) is 6.92. The Morgan fingerprint density at radius 2 is 1.44 bits per heavy atom. The molecule has 2 rings (SSSR count). The first-order valence-electron chi connectivity index (χ1n) is 6.33. The Kier molecular flexibility index (Phi) is 3.91. The van der Waals surface area contributed by atoms with Crippen LogP contribution in [0.2, 0.25) is 0 Å². The molecule has 0 aliphatic rings. The van der Waals surface area contributed by atoms with E-state index in [1.54, 1.807) is 0 Å². The summed E-state index contributed by atoms with van der Waals surface area (Å²) in [5.41, 5.74) is 2.85. The van der Waals surface area contributed by atoms with Gasteiger partial charge in [0.15, 0.2) is 0 Å². The predicted molar refractivity (Wildman–Crippen MR) is 82.0 cm³/mol. The van der Waals surface area contributed by atoms with Crippen LogP contribution in [0.4, 0.5) is 0 Å². The molecule has 0 bridgehead atoms. The zero-order chi connectivity index (χ0) is 13.2. The van der Waals surface area contributed by atoms with E-state index in [2.05, 4.69) is 91.3 Å². The second-order valence-electron chi connectivity index (χ2n) is 5.33. The Balaban J connectivity index is 2.40. The minimum Gasteiger partial charge on any atom is -0.0622 e. The molecule has 0 aliphatic carbocycles. The molecule has 94 valence electrons. The lowest BCUT2D eigenvalue weighted by Gasteiger charge is -2.33. The highest BCUT2D eigenvalue weighted by molar-refractivity contribution is 9.10. The summed E-state index contributed by atoms with van der Waals surface area (Å²) in [4.78, 5) is 0. The number of rotatable bonds is 3. The van der Waals surface area contributed by atoms with E-state index in [4.69, 9.17) is 0 Å². The molecule has 0 spiro atoms. The fourth-order valence-corrected chi connectivity index (χ4v) is 3.17. The van der Waals surface area contributed by atoms with Gasteiger partial charge in [-0.3, -0.25) is 0 Å². The molecule has 0 nitrogen and oxygen atoms in total. The van der Waals surface area contributed by atoms with Gasteiger partial charge in [0.05, 0.1) is 0 Å². The van der Waals surface area contributed by atoms with Crippen LogP contribution in [-0.2, 0) is 5.41 Å². The largest absolute Gasteiger partial charge is 0.0622 e. The summed E-state index contributed by atoms with van der Waals surface area (Å²) in [6.07, 6.45) is 0. The summed E-state index contributed by atoms with van der Waals surface area (Å²) < 4.78 is 1.19. The SMILES string of the molecule is CC(c1ccccc1)C(C)(C)c1ccccc1Br. The van der Waals surface area contributed by atoms with Gasteiger partial charge in [0.2, 0.25) is 0 Å². The summed E-state index contributed by atoms with van der Waals surface area (Å²) in [5, 5.41) is 0. The molecule has 0 aromatic heterocycles. The number of benzene rings is 2. The van der Waals surface area contributed by atoms with E-state index < -0.39 is 0 Å². The van der Waals surface area contributed by atoms with Crippen LogP contribution in [0.25, 0.3) is 0 Å². The highest BCUT2D eigenvalue weighted by Crippen LogP contribution is 2.41. The maximum absolute atomic E-state index is 3.67. The molecule has 2 aromatic rings. The van der Waals surface area contributed by atoms with Crippen molar-refractivity contribution in [2.24, 2.45) is 0 Å². The number of hydrogen-bond donors (Lipinski definition) is 0. The lowest BCUT2D eigenvalue weighted by atomic mass is 9.71. The van der Waals surface area contributed by atoms with Crippen molar-refractivity contribution < 1.29 is 0 Å². The van der Waals surface area contributed by atoms with Gasteiger partial charge < -0.3 is 0 Å². The van der Waals surface area contributed by atoms with Gasteiger partial charge >= 0.3 is 0 Å². The highest BCUT2D eigenvalue weighted by Gasteiger charge is 2.30. The Morgan fingerprint density at radius 1 is 0.889 bits per heavy atom. The lowest BCUT2D eigenvalue weighted by molar-refractivity contribution is 0.434. The fraction of sp³-hybridized carbons (Fsp3) is 0.294. The molecule has 0 saturated carbocycles. The van der Waals surface area contributed by atoms with Gasteiger partial charge in [-0.1, -0.05) is 85.2 Å². The van der Waals surface area contributed by atoms with E-state index in [-0.39, 0.29) is 5.41 Å². The van der Waals surface area contributed by atoms with E-state index in [0.717, 1.165) is 0 Å². The van der Waals surface area contributed by atoms with Crippen LogP contribution in [0.5, 0.6) is 0 Å². The highest BCUT2D eigenvalue weighted by atomic mass is 79.9. The third-order valence-electron chi connectivity index (χ3n) is 3.95. The zero-order valence-electron chi connectivity index (χ0n) is 11.2. The van der Waals surface area contributed by atoms with Crippen LogP contribution in [0.15, 0.2) is 59.1 Å². The van der Waals surface area contributed by atoms with Crippen molar-refractivity contribution >= 4 is 15.9 Å². The molecular formula is C17H19Br. The van der Waals surface area contributed by atoms with Crippen molar-refractivity contribution in [2.45, 2.75) is 32.1 Å². The van der Waals surface area contributed by atoms with Crippen LogP contribution in [-0.4, -0.2) is 0 Å². The normalized spacial score (nSPS) is 13.3. The summed E-state index contributed by atoms with van der Waals surface area (Å²) in [7, 11) is 0. The molecular weight excluding hydrogens is 284 g/mol. The van der Waals surface area contributed by atoms with Gasteiger partial charge in [0.25, 0.3) is 0 Å². The average Bonchev–Trinajstić information content (AvgIpc) is 2.39. The van der Waals surface area contributed by atoms with Gasteiger partial charge in [0, 0.05) is 4.47 Å². The lowest BCUT2D eigenvalue weighted by Crippen LogP contribution is -2.25. The molecule has 0 aliphatic heterocycles. The molecule has 1 unspecified atom stereocenters. The molecule has 0 heterocycles. The van der Waals surface area contributed by atoms with Crippen LogP contribution < -0.4 is 0 Å². The number of hydrogen-bond acceptors (Lipinski definition) is 0. The Bertz CT molecular complexity index is 514. The van der Waals surface area contributed by atoms with Crippen molar-refractivity contribution in [1.82, 2.24) is 0 Å². The van der Waals surface area contributed by atoms with Crippen molar-refractivity contribution in [1.29, 1.82) is 0 Å². The quantitative estimate of drug-likeness (QED) is 0.699. The van der Waals surface area contributed by atoms with Crippen molar-refractivity contribution in [3.05, 3.63) is 70.2 Å². The fourth-order valence-electron chi connectivity index (χ4n) is 2.38. The summed E-state index contributed by atoms with van der Waals surface area (Å²) in [6, 6.07) is 19.2. The standard InChI is InChI=1S/C17H19Br/c1-13(14-9-5-4-6-10-14)17(2,3)15-11-7-8-12-16(15)18/h4-13H,1-3H3. The first-order valence-corrected chi connectivity index (χ1v) is 7.12. The van der Waals surface area contributed by atoms with Gasteiger partial charge in [-0.05, 0) is 28.5 Å². The van der Waals surface area contributed by atoms with Crippen LogP contribution in [0.3, 0.4) is 0 Å². The van der Waals surface area contributed by atoms with Crippen molar-refractivity contribution in [2.75, 3.05) is 0 Å². The first-order chi connectivity index (χ1) is 8.53. The molecule has 1 heteroatoms. The van der Waals surface area contributed by atoms with Gasteiger partial charge in [0.1, 0.15) is 0 Å². The van der Waals surface area contributed by atoms with E-state index >= 15 is 0 Å². The second-order valence-corrected chi connectivity index (χ2v) is 6.19. The van der Waals surface area contributed by atoms with Gasteiger partial charge in [-0.15, -0.1) is 0 Å². The minimum absolute atomic E-state index is 0.0987. The summed E-state index contributed by atoms with van der Waals surface area (Å²) in [5.74, 6) is 0.470. The molecule has 0 fully saturated rings. The van der Waals surface area contributed by atoms with E-state index in [1.807, 2.05) is 0 Å². The predicted octanol–water partition coefficient (Wildman–Crippen LogP) is 5.53. The van der Waals surface area contributed by atoms with E-state index in [1.165, 1.54) is 15.6 Å².